The average molecular weight is 267 g/mol. The molecule has 0 amide bonds. The van der Waals surface area contributed by atoms with Crippen molar-refractivity contribution < 1.29 is 19.5 Å². The molecular weight excluding hydrogens is 246 g/mol. The first-order valence-electron chi connectivity index (χ1n) is 6.42. The van der Waals surface area contributed by atoms with Crippen LogP contribution in [0.25, 0.3) is 0 Å². The van der Waals surface area contributed by atoms with Crippen molar-refractivity contribution in [3.63, 3.8) is 0 Å². The van der Waals surface area contributed by atoms with E-state index in [9.17, 15) is 4.79 Å². The number of nitrogens with zero attached hydrogens (tertiary/aromatic N) is 1. The van der Waals surface area contributed by atoms with Crippen LogP contribution < -0.4 is 9.80 Å². The second-order valence-electron chi connectivity index (χ2n) is 4.03. The van der Waals surface area contributed by atoms with Crippen LogP contribution in [0, 0.1) is 0 Å². The summed E-state index contributed by atoms with van der Waals surface area (Å²) in [4.78, 5) is 16.3. The number of aliphatic hydroxyl groups is 1. The summed E-state index contributed by atoms with van der Waals surface area (Å²) >= 11 is 0. The highest BCUT2D eigenvalue weighted by Crippen LogP contribution is 2.24. The van der Waals surface area contributed by atoms with Gasteiger partial charge in [-0.2, -0.15) is 0 Å². The fourth-order valence-electron chi connectivity index (χ4n) is 1.61. The highest BCUT2D eigenvalue weighted by Gasteiger charge is 2.08. The van der Waals surface area contributed by atoms with Gasteiger partial charge in [-0.25, -0.2) is 0 Å². The Labute approximate surface area is 113 Å². The Kier molecular flexibility index (Phi) is 6.92. The normalized spacial score (nSPS) is 10.3. The van der Waals surface area contributed by atoms with Crippen molar-refractivity contribution in [3.8, 4) is 5.75 Å². The van der Waals surface area contributed by atoms with Gasteiger partial charge in [0.05, 0.1) is 24.5 Å². The number of anilines is 1. The SMILES string of the molecule is CCON(C)c1ccc(C=O)c(OCCCCO)c1. The standard InChI is InChI=1S/C14H21NO4/c1-3-19-15(2)13-7-6-12(11-17)14(10-13)18-9-5-4-8-16/h6-7,10-11,16H,3-5,8-9H2,1-2H3. The summed E-state index contributed by atoms with van der Waals surface area (Å²) in [6, 6.07) is 5.29. The molecule has 0 aliphatic heterocycles. The molecule has 19 heavy (non-hydrogen) atoms. The third-order valence-electron chi connectivity index (χ3n) is 2.62. The number of rotatable bonds is 9. The van der Waals surface area contributed by atoms with E-state index in [2.05, 4.69) is 0 Å². The fourth-order valence-corrected chi connectivity index (χ4v) is 1.61. The number of hydroxylamine groups is 1. The Hall–Kier alpha value is -1.59. The minimum absolute atomic E-state index is 0.150. The summed E-state index contributed by atoms with van der Waals surface area (Å²) in [5.41, 5.74) is 1.34. The first-order valence-corrected chi connectivity index (χ1v) is 6.42. The highest BCUT2D eigenvalue weighted by molar-refractivity contribution is 5.80. The van der Waals surface area contributed by atoms with Crippen LogP contribution in [-0.4, -0.2) is 38.3 Å². The van der Waals surface area contributed by atoms with Gasteiger partial charge in [-0.05, 0) is 31.9 Å². The summed E-state index contributed by atoms with van der Waals surface area (Å²) in [6.45, 7) is 3.10. The lowest BCUT2D eigenvalue weighted by Gasteiger charge is -2.19. The zero-order valence-electron chi connectivity index (χ0n) is 11.5. The first kappa shape index (κ1) is 15.5. The number of hydrogen-bond donors (Lipinski definition) is 1. The molecule has 1 aromatic carbocycles. The molecule has 0 fully saturated rings. The molecule has 0 heterocycles. The summed E-state index contributed by atoms with van der Waals surface area (Å²) in [5, 5.41) is 10.3. The van der Waals surface area contributed by atoms with Crippen LogP contribution in [0.15, 0.2) is 18.2 Å². The van der Waals surface area contributed by atoms with Crippen molar-refractivity contribution in [1.29, 1.82) is 0 Å². The number of hydrogen-bond acceptors (Lipinski definition) is 5. The lowest BCUT2D eigenvalue weighted by molar-refractivity contribution is 0.111. The Bertz CT molecular complexity index is 395. The predicted octanol–water partition coefficient (Wildman–Crippen LogP) is 2.04. The van der Waals surface area contributed by atoms with Crippen molar-refractivity contribution in [3.05, 3.63) is 23.8 Å². The zero-order chi connectivity index (χ0) is 14.1. The first-order chi connectivity index (χ1) is 9.22. The third-order valence-corrected chi connectivity index (χ3v) is 2.62. The van der Waals surface area contributed by atoms with Crippen LogP contribution in [0.4, 0.5) is 5.69 Å². The van der Waals surface area contributed by atoms with E-state index in [4.69, 9.17) is 14.7 Å². The van der Waals surface area contributed by atoms with Crippen LogP contribution in [-0.2, 0) is 4.84 Å². The summed E-state index contributed by atoms with van der Waals surface area (Å²) < 4.78 is 5.57. The molecular formula is C14H21NO4. The Morgan fingerprint density at radius 2 is 2.16 bits per heavy atom. The molecule has 0 radical (unpaired) electrons. The largest absolute Gasteiger partial charge is 0.493 e. The molecule has 0 atom stereocenters. The number of unbranched alkanes of at least 4 members (excludes halogenated alkanes) is 1. The van der Waals surface area contributed by atoms with Crippen LogP contribution in [0.5, 0.6) is 5.75 Å². The molecule has 0 saturated heterocycles. The second kappa shape index (κ2) is 8.50. The minimum atomic E-state index is 0.150. The summed E-state index contributed by atoms with van der Waals surface area (Å²) in [6.07, 6.45) is 2.21. The van der Waals surface area contributed by atoms with Gasteiger partial charge < -0.3 is 9.84 Å². The molecule has 5 nitrogen and oxygen atoms in total. The van der Waals surface area contributed by atoms with Crippen molar-refractivity contribution in [2.45, 2.75) is 19.8 Å². The number of carbonyl (C=O) groups is 1. The molecule has 0 unspecified atom stereocenters. The van der Waals surface area contributed by atoms with E-state index in [1.807, 2.05) is 6.92 Å². The van der Waals surface area contributed by atoms with E-state index in [0.717, 1.165) is 18.4 Å². The number of benzene rings is 1. The van der Waals surface area contributed by atoms with Gasteiger partial charge in [0, 0.05) is 19.7 Å². The van der Waals surface area contributed by atoms with Crippen LogP contribution in [0.1, 0.15) is 30.1 Å². The van der Waals surface area contributed by atoms with Crippen LogP contribution in [0.2, 0.25) is 0 Å². The summed E-state index contributed by atoms with van der Waals surface area (Å²) in [5.74, 6) is 0.539. The Morgan fingerprint density at radius 3 is 2.79 bits per heavy atom. The van der Waals surface area contributed by atoms with Crippen molar-refractivity contribution in [1.82, 2.24) is 0 Å². The second-order valence-corrected chi connectivity index (χ2v) is 4.03. The molecule has 5 heteroatoms. The molecule has 1 N–H and O–H groups in total. The van der Waals surface area contributed by atoms with Crippen molar-refractivity contribution >= 4 is 12.0 Å². The lowest BCUT2D eigenvalue weighted by atomic mass is 10.2. The maximum absolute atomic E-state index is 11.0. The molecule has 0 bridgehead atoms. The average Bonchev–Trinajstić information content (AvgIpc) is 2.43. The number of aliphatic hydroxyl groups excluding tert-OH is 1. The van der Waals surface area contributed by atoms with E-state index >= 15 is 0 Å². The lowest BCUT2D eigenvalue weighted by Crippen LogP contribution is -2.17. The predicted molar refractivity (Wildman–Crippen MR) is 73.7 cm³/mol. The van der Waals surface area contributed by atoms with Gasteiger partial charge in [-0.3, -0.25) is 14.7 Å². The number of carbonyl (C=O) groups excluding carboxylic acids is 1. The van der Waals surface area contributed by atoms with Crippen LogP contribution >= 0.6 is 0 Å². The molecule has 0 spiro atoms. The monoisotopic (exact) mass is 267 g/mol. The smallest absolute Gasteiger partial charge is 0.153 e. The quantitative estimate of drug-likeness (QED) is 0.421. The minimum Gasteiger partial charge on any atom is -0.493 e. The van der Waals surface area contributed by atoms with Gasteiger partial charge in [0.15, 0.2) is 6.29 Å². The van der Waals surface area contributed by atoms with E-state index in [-0.39, 0.29) is 6.61 Å². The Morgan fingerprint density at radius 1 is 1.37 bits per heavy atom. The van der Waals surface area contributed by atoms with Crippen LogP contribution in [0.3, 0.4) is 0 Å². The molecule has 106 valence electrons. The van der Waals surface area contributed by atoms with E-state index in [1.54, 1.807) is 30.3 Å². The zero-order valence-corrected chi connectivity index (χ0v) is 11.5. The maximum Gasteiger partial charge on any atom is 0.153 e. The van der Waals surface area contributed by atoms with Gasteiger partial charge in [0.1, 0.15) is 5.75 Å². The molecule has 0 saturated carbocycles. The van der Waals surface area contributed by atoms with Crippen molar-refractivity contribution in [2.24, 2.45) is 0 Å². The van der Waals surface area contributed by atoms with Crippen molar-refractivity contribution in [2.75, 3.05) is 31.9 Å². The molecule has 0 aromatic heterocycles. The topological polar surface area (TPSA) is 59.0 Å². The Balaban J connectivity index is 2.74. The third kappa shape index (κ3) is 4.89. The van der Waals surface area contributed by atoms with Gasteiger partial charge in [0.2, 0.25) is 0 Å². The van der Waals surface area contributed by atoms with E-state index in [0.29, 0.717) is 30.9 Å². The summed E-state index contributed by atoms with van der Waals surface area (Å²) in [7, 11) is 1.80. The molecule has 1 aromatic rings. The molecule has 1 rings (SSSR count). The maximum atomic E-state index is 11.0. The van der Waals surface area contributed by atoms with Gasteiger partial charge in [0.25, 0.3) is 0 Å². The molecule has 0 aliphatic carbocycles. The molecule has 0 aliphatic rings. The fraction of sp³-hybridized carbons (Fsp3) is 0.500. The number of aldehydes is 1. The van der Waals surface area contributed by atoms with E-state index in [1.165, 1.54) is 0 Å². The highest BCUT2D eigenvalue weighted by atomic mass is 16.7. The van der Waals surface area contributed by atoms with Gasteiger partial charge >= 0.3 is 0 Å². The number of ether oxygens (including phenoxy) is 1. The van der Waals surface area contributed by atoms with E-state index < -0.39 is 0 Å². The van der Waals surface area contributed by atoms with Gasteiger partial charge in [-0.1, -0.05) is 0 Å². The van der Waals surface area contributed by atoms with Gasteiger partial charge in [-0.15, -0.1) is 0 Å².